The van der Waals surface area contributed by atoms with Gasteiger partial charge in [-0.15, -0.1) is 0 Å². The van der Waals surface area contributed by atoms with Crippen LogP contribution in [0.4, 0.5) is 0 Å². The summed E-state index contributed by atoms with van der Waals surface area (Å²) in [6.07, 6.45) is 0. The van der Waals surface area contributed by atoms with Crippen LogP contribution in [0, 0.1) is 0 Å². The fraction of sp³-hybridized carbons (Fsp3) is 0.190. The predicted molar refractivity (Wildman–Crippen MR) is 109 cm³/mol. The molecule has 3 aromatic carbocycles. The first-order valence-corrected chi connectivity index (χ1v) is 9.14. The molecule has 0 fully saturated rings. The highest BCUT2D eigenvalue weighted by atomic mass is 79.9. The van der Waals surface area contributed by atoms with Crippen LogP contribution in [-0.2, 0) is 6.54 Å². The molecule has 0 N–H and O–H groups in total. The Morgan fingerprint density at radius 1 is 0.920 bits per heavy atom. The van der Waals surface area contributed by atoms with Gasteiger partial charge in [0.15, 0.2) is 0 Å². The first-order valence-electron chi connectivity index (χ1n) is 8.34. The van der Waals surface area contributed by atoms with Crippen LogP contribution in [0.25, 0.3) is 32.4 Å². The van der Waals surface area contributed by atoms with Gasteiger partial charge in [-0.05, 0) is 43.1 Å². The third-order valence-corrected chi connectivity index (χ3v) is 5.18. The third-order valence-electron chi connectivity index (χ3n) is 4.69. The van der Waals surface area contributed by atoms with E-state index in [2.05, 4.69) is 45.1 Å². The average Bonchev–Trinajstić information content (AvgIpc) is 2.61. The quantitative estimate of drug-likeness (QED) is 0.473. The van der Waals surface area contributed by atoms with E-state index in [1.807, 2.05) is 49.0 Å². The molecule has 0 aliphatic carbocycles. The maximum Gasteiger partial charge on any atom is 0.258 e. The zero-order chi connectivity index (χ0) is 17.6. The fourth-order valence-corrected chi connectivity index (χ4v) is 3.84. The highest BCUT2D eigenvalue weighted by molar-refractivity contribution is 9.10. The SMILES string of the molecule is CN(C)CCn1c(=O)c2ccccc2c2ccc3cc(Br)ccc3c21. The topological polar surface area (TPSA) is 25.2 Å². The molecule has 1 heterocycles. The Bertz CT molecular complexity index is 1160. The normalized spacial score (nSPS) is 11.8. The Kier molecular flexibility index (Phi) is 4.10. The number of pyridine rings is 1. The van der Waals surface area contributed by atoms with Crippen molar-refractivity contribution in [2.45, 2.75) is 6.54 Å². The van der Waals surface area contributed by atoms with Crippen LogP contribution in [0.2, 0.25) is 0 Å². The molecule has 0 amide bonds. The van der Waals surface area contributed by atoms with Gasteiger partial charge in [-0.2, -0.15) is 0 Å². The Hall–Kier alpha value is -2.17. The molecule has 126 valence electrons. The van der Waals surface area contributed by atoms with E-state index in [1.165, 1.54) is 0 Å². The Balaban J connectivity index is 2.19. The molecule has 4 rings (SSSR count). The number of hydrogen-bond acceptors (Lipinski definition) is 2. The zero-order valence-electron chi connectivity index (χ0n) is 14.3. The number of nitrogens with zero attached hydrogens (tertiary/aromatic N) is 2. The molecular weight excluding hydrogens is 376 g/mol. The molecule has 0 saturated heterocycles. The van der Waals surface area contributed by atoms with Crippen LogP contribution in [0.3, 0.4) is 0 Å². The Morgan fingerprint density at radius 2 is 1.64 bits per heavy atom. The minimum atomic E-state index is 0.0837. The molecule has 0 aliphatic heterocycles. The molecule has 0 spiro atoms. The summed E-state index contributed by atoms with van der Waals surface area (Å²) in [6, 6.07) is 18.4. The lowest BCUT2D eigenvalue weighted by molar-refractivity contribution is 0.385. The number of fused-ring (bicyclic) bond motifs is 5. The molecule has 0 saturated carbocycles. The third kappa shape index (κ3) is 2.75. The highest BCUT2D eigenvalue weighted by Crippen LogP contribution is 2.31. The summed E-state index contributed by atoms with van der Waals surface area (Å²) in [4.78, 5) is 15.3. The zero-order valence-corrected chi connectivity index (χ0v) is 15.9. The van der Waals surface area contributed by atoms with E-state index in [4.69, 9.17) is 0 Å². The number of likely N-dealkylation sites (N-methyl/N-ethyl adjacent to an activating group) is 1. The number of benzene rings is 3. The monoisotopic (exact) mass is 394 g/mol. The molecule has 1 aromatic heterocycles. The largest absolute Gasteiger partial charge is 0.308 e. The van der Waals surface area contributed by atoms with Crippen molar-refractivity contribution in [3.05, 3.63) is 69.4 Å². The number of rotatable bonds is 3. The van der Waals surface area contributed by atoms with Crippen LogP contribution >= 0.6 is 15.9 Å². The standard InChI is InChI=1S/C21H19BrN2O/c1-23(2)11-12-24-20-16-10-8-15(22)13-14(16)7-9-18(20)17-5-3-4-6-19(17)21(24)25/h3-10,13H,11-12H2,1-2H3. The number of aromatic nitrogens is 1. The lowest BCUT2D eigenvalue weighted by Crippen LogP contribution is -2.27. The molecule has 0 aliphatic rings. The summed E-state index contributed by atoms with van der Waals surface area (Å²) in [7, 11) is 4.06. The van der Waals surface area contributed by atoms with E-state index in [1.54, 1.807) is 0 Å². The van der Waals surface area contributed by atoms with Crippen molar-refractivity contribution in [2.75, 3.05) is 20.6 Å². The highest BCUT2D eigenvalue weighted by Gasteiger charge is 2.13. The van der Waals surface area contributed by atoms with Gasteiger partial charge in [-0.1, -0.05) is 52.3 Å². The number of halogens is 1. The summed E-state index contributed by atoms with van der Waals surface area (Å²) in [5, 5.41) is 5.18. The van der Waals surface area contributed by atoms with Crippen LogP contribution in [-0.4, -0.2) is 30.1 Å². The summed E-state index contributed by atoms with van der Waals surface area (Å²) < 4.78 is 2.98. The van der Waals surface area contributed by atoms with E-state index in [0.29, 0.717) is 6.54 Å². The van der Waals surface area contributed by atoms with Gasteiger partial charge in [0.2, 0.25) is 0 Å². The van der Waals surface area contributed by atoms with Crippen molar-refractivity contribution in [3.63, 3.8) is 0 Å². The predicted octanol–water partition coefficient (Wildman–Crippen LogP) is 4.63. The van der Waals surface area contributed by atoms with Gasteiger partial charge in [0, 0.05) is 33.7 Å². The maximum atomic E-state index is 13.2. The molecule has 3 nitrogen and oxygen atoms in total. The Morgan fingerprint density at radius 3 is 2.40 bits per heavy atom. The van der Waals surface area contributed by atoms with Crippen molar-refractivity contribution < 1.29 is 0 Å². The van der Waals surface area contributed by atoms with Crippen molar-refractivity contribution >= 4 is 48.4 Å². The van der Waals surface area contributed by atoms with Crippen LogP contribution in [0.15, 0.2) is 63.9 Å². The van der Waals surface area contributed by atoms with Gasteiger partial charge in [0.05, 0.1) is 5.52 Å². The first kappa shape index (κ1) is 16.3. The molecule has 0 bridgehead atoms. The van der Waals surface area contributed by atoms with Gasteiger partial charge in [-0.3, -0.25) is 4.79 Å². The van der Waals surface area contributed by atoms with Gasteiger partial charge in [-0.25, -0.2) is 0 Å². The fourth-order valence-electron chi connectivity index (χ4n) is 3.46. The molecular formula is C21H19BrN2O. The van der Waals surface area contributed by atoms with E-state index in [-0.39, 0.29) is 5.56 Å². The maximum absolute atomic E-state index is 13.2. The Labute approximate surface area is 154 Å². The van der Waals surface area contributed by atoms with Crippen molar-refractivity contribution in [3.8, 4) is 0 Å². The minimum Gasteiger partial charge on any atom is -0.308 e. The molecule has 0 unspecified atom stereocenters. The summed E-state index contributed by atoms with van der Waals surface area (Å²) in [6.45, 7) is 1.49. The summed E-state index contributed by atoms with van der Waals surface area (Å²) in [5.41, 5.74) is 1.11. The second-order valence-corrected chi connectivity index (χ2v) is 7.55. The van der Waals surface area contributed by atoms with Crippen LogP contribution in [0.5, 0.6) is 0 Å². The summed E-state index contributed by atoms with van der Waals surface area (Å²) in [5.74, 6) is 0. The molecule has 25 heavy (non-hydrogen) atoms. The molecule has 4 heteroatoms. The summed E-state index contributed by atoms with van der Waals surface area (Å²) >= 11 is 3.54. The van der Waals surface area contributed by atoms with Crippen molar-refractivity contribution in [1.82, 2.24) is 9.47 Å². The second-order valence-electron chi connectivity index (χ2n) is 6.63. The van der Waals surface area contributed by atoms with Gasteiger partial charge in [0.1, 0.15) is 0 Å². The van der Waals surface area contributed by atoms with E-state index >= 15 is 0 Å². The number of hydrogen-bond donors (Lipinski definition) is 0. The van der Waals surface area contributed by atoms with Gasteiger partial charge < -0.3 is 9.47 Å². The smallest absolute Gasteiger partial charge is 0.258 e. The average molecular weight is 395 g/mol. The van der Waals surface area contributed by atoms with E-state index < -0.39 is 0 Å². The minimum absolute atomic E-state index is 0.0837. The van der Waals surface area contributed by atoms with E-state index in [0.717, 1.165) is 43.5 Å². The van der Waals surface area contributed by atoms with Crippen LogP contribution in [0.1, 0.15) is 0 Å². The van der Waals surface area contributed by atoms with Crippen molar-refractivity contribution in [2.24, 2.45) is 0 Å². The molecule has 0 radical (unpaired) electrons. The first-order chi connectivity index (χ1) is 12.1. The lowest BCUT2D eigenvalue weighted by Gasteiger charge is -2.17. The van der Waals surface area contributed by atoms with Crippen molar-refractivity contribution in [1.29, 1.82) is 0 Å². The second kappa shape index (κ2) is 6.28. The van der Waals surface area contributed by atoms with E-state index in [9.17, 15) is 4.79 Å². The van der Waals surface area contributed by atoms with Gasteiger partial charge in [0.25, 0.3) is 5.56 Å². The molecule has 4 aromatic rings. The van der Waals surface area contributed by atoms with Gasteiger partial charge >= 0.3 is 0 Å². The van der Waals surface area contributed by atoms with Crippen LogP contribution < -0.4 is 5.56 Å². The lowest BCUT2D eigenvalue weighted by atomic mass is 10.0. The molecule has 0 atom stereocenters.